The molecule has 0 radical (unpaired) electrons. The van der Waals surface area contributed by atoms with Crippen LogP contribution in [0.5, 0.6) is 0 Å². The Morgan fingerprint density at radius 3 is 1.41 bits per heavy atom. The van der Waals surface area contributed by atoms with E-state index in [1.807, 2.05) is 42.5 Å². The van der Waals surface area contributed by atoms with Crippen molar-refractivity contribution < 1.29 is 4.79 Å². The zero-order chi connectivity index (χ0) is 31.1. The number of para-hydroxylation sites is 3. The van der Waals surface area contributed by atoms with E-state index in [-0.39, 0.29) is 5.78 Å². The van der Waals surface area contributed by atoms with E-state index in [9.17, 15) is 4.79 Å². The molecule has 0 amide bonds. The number of hydrogen-bond donors (Lipinski definition) is 0. The number of anilines is 3. The van der Waals surface area contributed by atoms with Crippen LogP contribution in [-0.4, -0.2) is 11.6 Å². The maximum Gasteiger partial charge on any atom is 0.246 e. The quantitative estimate of drug-likeness (QED) is 0.193. The number of hydrogen-bond acceptors (Lipinski definition) is 5. The molecule has 2 aliphatic heterocycles. The lowest BCUT2D eigenvalue weighted by atomic mass is 9.77. The summed E-state index contributed by atoms with van der Waals surface area (Å²) < 4.78 is 0. The summed E-state index contributed by atoms with van der Waals surface area (Å²) in [5.74, 6) is -0.903. The molecule has 0 N–H and O–H groups in total. The van der Waals surface area contributed by atoms with Crippen LogP contribution in [0.3, 0.4) is 0 Å². The molecular formula is C41H32N4O. The van der Waals surface area contributed by atoms with Crippen LogP contribution in [0.25, 0.3) is 0 Å². The van der Waals surface area contributed by atoms with Gasteiger partial charge in [0.15, 0.2) is 5.78 Å². The van der Waals surface area contributed by atoms with Crippen molar-refractivity contribution in [3.8, 4) is 0 Å². The summed E-state index contributed by atoms with van der Waals surface area (Å²) in [4.78, 5) is 18.4. The van der Waals surface area contributed by atoms with Crippen molar-refractivity contribution in [1.82, 2.24) is 0 Å². The fourth-order valence-corrected chi connectivity index (χ4v) is 7.41. The molecule has 0 unspecified atom stereocenters. The number of amidine groups is 1. The number of rotatable bonds is 6. The SMILES string of the molecule is CC(=O)C1=NN(c2ccccc2)[C@@]2(c3ccccc3C(c3ccccc3)(c3ccccc3)N2c2ccccc2)N1c1ccccc1. The molecule has 5 nitrogen and oxygen atoms in total. The minimum absolute atomic E-state index is 0.121. The van der Waals surface area contributed by atoms with Crippen molar-refractivity contribution in [2.75, 3.05) is 14.8 Å². The molecule has 1 spiro atoms. The van der Waals surface area contributed by atoms with Gasteiger partial charge in [-0.25, -0.2) is 5.01 Å². The maximum absolute atomic E-state index is 13.8. The highest BCUT2D eigenvalue weighted by molar-refractivity contribution is 6.44. The molecule has 46 heavy (non-hydrogen) atoms. The van der Waals surface area contributed by atoms with Gasteiger partial charge in [-0.05, 0) is 53.1 Å². The highest BCUT2D eigenvalue weighted by Gasteiger charge is 2.69. The third-order valence-corrected chi connectivity index (χ3v) is 9.07. The average molecular weight is 597 g/mol. The smallest absolute Gasteiger partial charge is 0.246 e. The lowest BCUT2D eigenvalue weighted by molar-refractivity contribution is -0.111. The highest BCUT2D eigenvalue weighted by atomic mass is 16.1. The van der Waals surface area contributed by atoms with E-state index in [0.29, 0.717) is 5.84 Å². The number of carbonyl (C=O) groups excluding carboxylic acids is 1. The Balaban J connectivity index is 1.61. The number of fused-ring (bicyclic) bond motifs is 2. The molecule has 0 fully saturated rings. The van der Waals surface area contributed by atoms with E-state index < -0.39 is 11.3 Å². The first-order chi connectivity index (χ1) is 22.7. The van der Waals surface area contributed by atoms with Crippen LogP contribution in [0.1, 0.15) is 29.2 Å². The number of hydrazone groups is 1. The van der Waals surface area contributed by atoms with Crippen LogP contribution in [0.2, 0.25) is 0 Å². The number of ketones is 1. The monoisotopic (exact) mass is 596 g/mol. The zero-order valence-electron chi connectivity index (χ0n) is 25.4. The van der Waals surface area contributed by atoms with Crippen LogP contribution >= 0.6 is 0 Å². The average Bonchev–Trinajstić information content (AvgIpc) is 3.62. The van der Waals surface area contributed by atoms with Crippen molar-refractivity contribution in [2.24, 2.45) is 5.10 Å². The second-order valence-electron chi connectivity index (χ2n) is 11.6. The lowest BCUT2D eigenvalue weighted by Gasteiger charge is -2.53. The van der Waals surface area contributed by atoms with Crippen LogP contribution in [0.15, 0.2) is 181 Å². The summed E-state index contributed by atoms with van der Waals surface area (Å²) in [5.41, 5.74) is 6.22. The van der Waals surface area contributed by atoms with Gasteiger partial charge in [-0.15, -0.1) is 5.10 Å². The molecule has 1 atom stereocenters. The fraction of sp³-hybridized carbons (Fsp3) is 0.0732. The van der Waals surface area contributed by atoms with Gasteiger partial charge in [0.05, 0.1) is 5.69 Å². The Hall–Kier alpha value is -5.94. The summed E-state index contributed by atoms with van der Waals surface area (Å²) in [6, 6.07) is 60.9. The fourth-order valence-electron chi connectivity index (χ4n) is 7.41. The van der Waals surface area contributed by atoms with Crippen molar-refractivity contribution in [1.29, 1.82) is 0 Å². The normalized spacial score (nSPS) is 18.0. The van der Waals surface area contributed by atoms with Crippen LogP contribution < -0.4 is 14.8 Å². The van der Waals surface area contributed by atoms with Gasteiger partial charge in [-0.1, -0.05) is 140 Å². The molecule has 0 bridgehead atoms. The van der Waals surface area contributed by atoms with Gasteiger partial charge in [0.2, 0.25) is 11.6 Å². The number of benzene rings is 6. The molecule has 8 rings (SSSR count). The molecule has 6 aromatic carbocycles. The Labute approximate surface area is 269 Å². The zero-order valence-corrected chi connectivity index (χ0v) is 25.4. The van der Waals surface area contributed by atoms with E-state index in [0.717, 1.165) is 39.3 Å². The number of Topliss-reactive ketones (excluding diaryl/α,β-unsaturated/α-hetero) is 1. The summed E-state index contributed by atoms with van der Waals surface area (Å²) >= 11 is 0. The second-order valence-corrected chi connectivity index (χ2v) is 11.6. The Morgan fingerprint density at radius 2 is 0.913 bits per heavy atom. The predicted octanol–water partition coefficient (Wildman–Crippen LogP) is 8.54. The van der Waals surface area contributed by atoms with Crippen molar-refractivity contribution in [3.05, 3.63) is 198 Å². The lowest BCUT2D eigenvalue weighted by Crippen LogP contribution is -2.66. The molecule has 2 aliphatic rings. The number of carbonyl (C=O) groups is 1. The van der Waals surface area contributed by atoms with Crippen LogP contribution in [0, 0.1) is 0 Å². The highest BCUT2D eigenvalue weighted by Crippen LogP contribution is 2.62. The summed E-state index contributed by atoms with van der Waals surface area (Å²) in [7, 11) is 0. The Bertz CT molecular complexity index is 1990. The standard InChI is InChI=1S/C41H32N4O/c1-31(46)39-42-45(36-27-15-6-16-28-36)41(43(39)34-23-11-4-12-24-34)38-30-18-17-29-37(38)40(32-19-7-2-8-20-32,33-21-9-3-10-22-33)44(41)35-25-13-5-14-26-35/h2-30H,1H3/t41-/m0/s1. The van der Waals surface area contributed by atoms with E-state index in [4.69, 9.17) is 5.10 Å². The first-order valence-corrected chi connectivity index (χ1v) is 15.5. The second kappa shape index (κ2) is 10.9. The number of nitrogens with zero attached hydrogens (tertiary/aromatic N) is 4. The van der Waals surface area contributed by atoms with Gasteiger partial charge in [0.25, 0.3) is 0 Å². The largest absolute Gasteiger partial charge is 0.308 e. The van der Waals surface area contributed by atoms with E-state index in [1.54, 1.807) is 6.92 Å². The van der Waals surface area contributed by atoms with E-state index in [2.05, 4.69) is 148 Å². The van der Waals surface area contributed by atoms with Crippen molar-refractivity contribution >= 4 is 28.7 Å². The maximum atomic E-state index is 13.8. The predicted molar refractivity (Wildman–Crippen MR) is 186 cm³/mol. The van der Waals surface area contributed by atoms with Crippen LogP contribution in [0.4, 0.5) is 17.1 Å². The van der Waals surface area contributed by atoms with Crippen molar-refractivity contribution in [3.63, 3.8) is 0 Å². The Kier molecular flexibility index (Phi) is 6.54. The molecule has 0 saturated carbocycles. The minimum atomic E-state index is -1.15. The molecule has 6 aromatic rings. The van der Waals surface area contributed by atoms with Gasteiger partial charge in [-0.3, -0.25) is 9.69 Å². The summed E-state index contributed by atoms with van der Waals surface area (Å²) in [5, 5.41) is 7.31. The first kappa shape index (κ1) is 27.6. The topological polar surface area (TPSA) is 39.2 Å². The summed E-state index contributed by atoms with van der Waals surface area (Å²) in [6.45, 7) is 1.60. The molecule has 222 valence electrons. The van der Waals surface area contributed by atoms with E-state index >= 15 is 0 Å². The third-order valence-electron chi connectivity index (χ3n) is 9.07. The first-order valence-electron chi connectivity index (χ1n) is 15.5. The van der Waals surface area contributed by atoms with Gasteiger partial charge >= 0.3 is 0 Å². The van der Waals surface area contributed by atoms with Gasteiger partial charge in [-0.2, -0.15) is 0 Å². The summed E-state index contributed by atoms with van der Waals surface area (Å²) in [6.07, 6.45) is 0. The Morgan fingerprint density at radius 1 is 0.500 bits per heavy atom. The van der Waals surface area contributed by atoms with Gasteiger partial charge < -0.3 is 4.90 Å². The molecule has 0 aromatic heterocycles. The van der Waals surface area contributed by atoms with Crippen LogP contribution in [-0.2, 0) is 16.1 Å². The van der Waals surface area contributed by atoms with Gasteiger partial charge in [0.1, 0.15) is 5.54 Å². The minimum Gasteiger partial charge on any atom is -0.308 e. The molecule has 5 heteroatoms. The molecule has 2 heterocycles. The van der Waals surface area contributed by atoms with E-state index in [1.165, 1.54) is 0 Å². The van der Waals surface area contributed by atoms with Crippen molar-refractivity contribution in [2.45, 2.75) is 18.2 Å². The molecule has 0 saturated heterocycles. The molecule has 0 aliphatic carbocycles. The van der Waals surface area contributed by atoms with Gasteiger partial charge in [0, 0.05) is 23.9 Å². The third kappa shape index (κ3) is 3.81. The molecular weight excluding hydrogens is 564 g/mol.